The Labute approximate surface area is 162 Å². The van der Waals surface area contributed by atoms with Crippen molar-refractivity contribution in [2.75, 3.05) is 38.3 Å². The maximum Gasteiger partial charge on any atom is 0.262 e. The molecule has 3 rings (SSSR count). The fourth-order valence-corrected chi connectivity index (χ4v) is 2.55. The van der Waals surface area contributed by atoms with E-state index < -0.39 is 0 Å². The molecule has 8 nitrogen and oxygen atoms in total. The highest BCUT2D eigenvalue weighted by Crippen LogP contribution is 2.36. The van der Waals surface area contributed by atoms with Crippen LogP contribution in [0.3, 0.4) is 0 Å². The second kappa shape index (κ2) is 9.50. The number of carbonyl (C=O) groups excluding carboxylic acids is 2. The van der Waals surface area contributed by atoms with Crippen molar-refractivity contribution in [3.05, 3.63) is 42.5 Å². The maximum atomic E-state index is 11.9. The van der Waals surface area contributed by atoms with E-state index in [-0.39, 0.29) is 25.0 Å². The topological polar surface area (TPSA) is 95.1 Å². The Morgan fingerprint density at radius 3 is 2.61 bits per heavy atom. The van der Waals surface area contributed by atoms with Gasteiger partial charge in [-0.15, -0.1) is 0 Å². The monoisotopic (exact) mass is 386 g/mol. The van der Waals surface area contributed by atoms with Crippen LogP contribution in [0.25, 0.3) is 0 Å². The molecule has 8 heteroatoms. The van der Waals surface area contributed by atoms with Gasteiger partial charge in [0.1, 0.15) is 35.3 Å². The number of benzene rings is 2. The maximum absolute atomic E-state index is 11.9. The van der Waals surface area contributed by atoms with E-state index in [4.69, 9.17) is 18.9 Å². The number of nitrogens with one attached hydrogen (secondary N) is 2. The molecule has 2 aromatic carbocycles. The van der Waals surface area contributed by atoms with Gasteiger partial charge in [0, 0.05) is 0 Å². The van der Waals surface area contributed by atoms with Crippen molar-refractivity contribution in [1.29, 1.82) is 0 Å². The van der Waals surface area contributed by atoms with Crippen molar-refractivity contribution in [2.45, 2.75) is 6.92 Å². The van der Waals surface area contributed by atoms with E-state index in [0.29, 0.717) is 42.7 Å². The van der Waals surface area contributed by atoms with Crippen LogP contribution in [0.2, 0.25) is 0 Å². The van der Waals surface area contributed by atoms with Crippen LogP contribution < -0.4 is 29.6 Å². The first kappa shape index (κ1) is 19.3. The fourth-order valence-electron chi connectivity index (χ4n) is 2.55. The van der Waals surface area contributed by atoms with Crippen LogP contribution >= 0.6 is 0 Å². The molecule has 0 bridgehead atoms. The summed E-state index contributed by atoms with van der Waals surface area (Å²) in [6.45, 7) is 2.97. The highest BCUT2D eigenvalue weighted by atomic mass is 16.5. The molecule has 1 heterocycles. The molecule has 0 unspecified atom stereocenters. The second-order valence-corrected chi connectivity index (χ2v) is 5.86. The van der Waals surface area contributed by atoms with E-state index in [2.05, 4.69) is 10.6 Å². The molecule has 0 saturated carbocycles. The number of hydrogen-bond acceptors (Lipinski definition) is 6. The van der Waals surface area contributed by atoms with Gasteiger partial charge in [-0.05, 0) is 43.3 Å². The Hall–Kier alpha value is -3.42. The molecule has 0 saturated heterocycles. The van der Waals surface area contributed by atoms with Crippen molar-refractivity contribution in [3.63, 3.8) is 0 Å². The fraction of sp³-hybridized carbons (Fsp3) is 0.300. The summed E-state index contributed by atoms with van der Waals surface area (Å²) in [6.07, 6.45) is 0. The zero-order chi connectivity index (χ0) is 19.8. The predicted octanol–water partition coefficient (Wildman–Crippen LogP) is 1.99. The summed E-state index contributed by atoms with van der Waals surface area (Å²) < 4.78 is 21.7. The number of carbonyl (C=O) groups is 2. The van der Waals surface area contributed by atoms with Gasteiger partial charge in [0.05, 0.1) is 13.2 Å². The molecule has 2 N–H and O–H groups in total. The zero-order valence-electron chi connectivity index (χ0n) is 15.5. The van der Waals surface area contributed by atoms with Crippen molar-refractivity contribution in [3.8, 4) is 23.0 Å². The minimum Gasteiger partial charge on any atom is -0.494 e. The van der Waals surface area contributed by atoms with Crippen molar-refractivity contribution >= 4 is 17.5 Å². The lowest BCUT2D eigenvalue weighted by molar-refractivity contribution is -0.123. The van der Waals surface area contributed by atoms with Gasteiger partial charge in [-0.25, -0.2) is 0 Å². The van der Waals surface area contributed by atoms with Gasteiger partial charge in [0.25, 0.3) is 11.8 Å². The summed E-state index contributed by atoms with van der Waals surface area (Å²) in [5.41, 5.74) is 0.436. The van der Waals surface area contributed by atoms with Crippen LogP contribution in [-0.4, -0.2) is 44.8 Å². The summed E-state index contributed by atoms with van der Waals surface area (Å²) in [5, 5.41) is 5.40. The molecule has 0 radical (unpaired) electrons. The van der Waals surface area contributed by atoms with E-state index in [1.807, 2.05) is 31.2 Å². The van der Waals surface area contributed by atoms with Crippen molar-refractivity contribution < 1.29 is 28.5 Å². The molecule has 0 spiro atoms. The van der Waals surface area contributed by atoms with E-state index in [1.165, 1.54) is 0 Å². The van der Waals surface area contributed by atoms with Crippen LogP contribution in [-0.2, 0) is 9.59 Å². The number of rotatable bonds is 9. The summed E-state index contributed by atoms with van der Waals surface area (Å²) >= 11 is 0. The number of ether oxygens (including phenoxy) is 4. The van der Waals surface area contributed by atoms with Crippen LogP contribution in [0.4, 0.5) is 5.69 Å². The standard InChI is InChI=1S/C20H22N2O6/c1-2-25-14-6-8-15(9-7-14)26-11-10-21-18(23)12-27-16-4-3-5-17-20(16)22-19(24)13-28-17/h3-9H,2,10-13H2,1H3,(H,21,23)(H,22,24). The van der Waals surface area contributed by atoms with Gasteiger partial charge in [0.15, 0.2) is 13.2 Å². The average molecular weight is 386 g/mol. The minimum absolute atomic E-state index is 0.0364. The van der Waals surface area contributed by atoms with E-state index >= 15 is 0 Å². The lowest BCUT2D eigenvalue weighted by Gasteiger charge is -2.20. The molecule has 1 aliphatic rings. The van der Waals surface area contributed by atoms with Crippen molar-refractivity contribution in [2.24, 2.45) is 0 Å². The molecule has 0 aromatic heterocycles. The second-order valence-electron chi connectivity index (χ2n) is 5.86. The van der Waals surface area contributed by atoms with E-state index in [1.54, 1.807) is 18.2 Å². The molecule has 1 aliphatic heterocycles. The lowest BCUT2D eigenvalue weighted by Crippen LogP contribution is -2.32. The van der Waals surface area contributed by atoms with Crippen LogP contribution in [0.1, 0.15) is 6.92 Å². The highest BCUT2D eigenvalue weighted by molar-refractivity contribution is 5.97. The molecule has 0 aliphatic carbocycles. The van der Waals surface area contributed by atoms with Crippen LogP contribution in [0.5, 0.6) is 23.0 Å². The van der Waals surface area contributed by atoms with E-state index in [9.17, 15) is 9.59 Å². The first-order valence-electron chi connectivity index (χ1n) is 8.96. The summed E-state index contributed by atoms with van der Waals surface area (Å²) in [7, 11) is 0. The Morgan fingerprint density at radius 1 is 1.11 bits per heavy atom. The van der Waals surface area contributed by atoms with Gasteiger partial charge in [-0.1, -0.05) is 6.07 Å². The smallest absolute Gasteiger partial charge is 0.262 e. The SMILES string of the molecule is CCOc1ccc(OCCNC(=O)COc2cccc3c2NC(=O)CO3)cc1. The molecule has 148 valence electrons. The average Bonchev–Trinajstić information content (AvgIpc) is 2.71. The van der Waals surface area contributed by atoms with Gasteiger partial charge < -0.3 is 29.6 Å². The van der Waals surface area contributed by atoms with E-state index in [0.717, 1.165) is 5.75 Å². The van der Waals surface area contributed by atoms with Crippen molar-refractivity contribution in [1.82, 2.24) is 5.32 Å². The minimum atomic E-state index is -0.295. The lowest BCUT2D eigenvalue weighted by atomic mass is 10.2. The Bertz CT molecular complexity index is 822. The molecule has 28 heavy (non-hydrogen) atoms. The van der Waals surface area contributed by atoms with Gasteiger partial charge in [-0.3, -0.25) is 9.59 Å². The quantitative estimate of drug-likeness (QED) is 0.640. The number of fused-ring (bicyclic) bond motifs is 1. The third kappa shape index (κ3) is 5.29. The third-order valence-corrected chi connectivity index (χ3v) is 3.80. The first-order valence-corrected chi connectivity index (χ1v) is 8.96. The molecular weight excluding hydrogens is 364 g/mol. The van der Waals surface area contributed by atoms with Crippen LogP contribution in [0, 0.1) is 0 Å². The van der Waals surface area contributed by atoms with Gasteiger partial charge >= 0.3 is 0 Å². The Kier molecular flexibility index (Phi) is 6.56. The molecule has 2 amide bonds. The summed E-state index contributed by atoms with van der Waals surface area (Å²) in [6, 6.07) is 12.4. The summed E-state index contributed by atoms with van der Waals surface area (Å²) in [5.74, 6) is 1.81. The largest absolute Gasteiger partial charge is 0.494 e. The highest BCUT2D eigenvalue weighted by Gasteiger charge is 2.20. The predicted molar refractivity (Wildman–Crippen MR) is 102 cm³/mol. The Morgan fingerprint density at radius 2 is 1.86 bits per heavy atom. The number of amides is 2. The number of anilines is 1. The zero-order valence-corrected chi connectivity index (χ0v) is 15.5. The van der Waals surface area contributed by atoms with Gasteiger partial charge in [-0.2, -0.15) is 0 Å². The van der Waals surface area contributed by atoms with Gasteiger partial charge in [0.2, 0.25) is 0 Å². The van der Waals surface area contributed by atoms with Crippen LogP contribution in [0.15, 0.2) is 42.5 Å². The molecule has 0 fully saturated rings. The molecular formula is C20H22N2O6. The molecule has 0 atom stereocenters. The Balaban J connectivity index is 1.39. The third-order valence-electron chi connectivity index (χ3n) is 3.80. The molecule has 2 aromatic rings. The first-order chi connectivity index (χ1) is 13.7. The summed E-state index contributed by atoms with van der Waals surface area (Å²) in [4.78, 5) is 23.4. The number of para-hydroxylation sites is 1. The number of hydrogen-bond donors (Lipinski definition) is 2. The normalized spacial score (nSPS) is 12.2.